The van der Waals surface area contributed by atoms with E-state index >= 15 is 0 Å². The summed E-state index contributed by atoms with van der Waals surface area (Å²) in [5.74, 6) is 0.726. The van der Waals surface area contributed by atoms with Gasteiger partial charge in [-0.1, -0.05) is 0 Å². The van der Waals surface area contributed by atoms with E-state index in [0.717, 1.165) is 23.2 Å². The van der Waals surface area contributed by atoms with Crippen LogP contribution in [0.3, 0.4) is 0 Å². The molecule has 0 aromatic carbocycles. The van der Waals surface area contributed by atoms with Crippen LogP contribution in [0.25, 0.3) is 0 Å². The topological polar surface area (TPSA) is 71.9 Å². The maximum Gasteiger partial charge on any atom is 0.328 e. The zero-order chi connectivity index (χ0) is 13.3. The van der Waals surface area contributed by atoms with Crippen LogP contribution in [0.2, 0.25) is 0 Å². The van der Waals surface area contributed by atoms with Crippen LogP contribution in [0.5, 0.6) is 0 Å². The van der Waals surface area contributed by atoms with Crippen molar-refractivity contribution in [3.05, 3.63) is 32.6 Å². The van der Waals surface area contributed by atoms with Crippen LogP contribution in [0.15, 0.2) is 15.8 Å². The first-order chi connectivity index (χ1) is 8.43. The molecule has 0 radical (unpaired) electrons. The summed E-state index contributed by atoms with van der Waals surface area (Å²) in [6, 6.07) is 0. The van der Waals surface area contributed by atoms with Gasteiger partial charge in [-0.3, -0.25) is 14.2 Å². The number of rotatable bonds is 3. The summed E-state index contributed by atoms with van der Waals surface area (Å²) in [7, 11) is 0. The molecule has 5 nitrogen and oxygen atoms in total. The van der Waals surface area contributed by atoms with E-state index in [0.29, 0.717) is 6.54 Å². The van der Waals surface area contributed by atoms with Crippen molar-refractivity contribution < 1.29 is 4.79 Å². The molecule has 0 amide bonds. The molecule has 1 saturated heterocycles. The van der Waals surface area contributed by atoms with Gasteiger partial charge in [0, 0.05) is 17.5 Å². The molecule has 0 saturated carbocycles. The Labute approximate surface area is 109 Å². The minimum atomic E-state index is -0.486. The molecule has 1 N–H and O–H groups in total. The molecule has 2 heterocycles. The van der Waals surface area contributed by atoms with Gasteiger partial charge in [0.25, 0.3) is 5.56 Å². The minimum Gasteiger partial charge on any atom is -0.313 e. The molecule has 1 aromatic rings. The SMILES string of the molecule is CC(=O)c1c[nH]c(=O)n(CC2(C)CCCS2)c1=O. The van der Waals surface area contributed by atoms with Crippen molar-refractivity contribution >= 4 is 17.5 Å². The molecule has 1 fully saturated rings. The Morgan fingerprint density at radius 2 is 2.28 bits per heavy atom. The summed E-state index contributed by atoms with van der Waals surface area (Å²) in [4.78, 5) is 37.6. The van der Waals surface area contributed by atoms with Crippen molar-refractivity contribution in [3.63, 3.8) is 0 Å². The molecule has 1 atom stereocenters. The number of carbonyl (C=O) groups is 1. The van der Waals surface area contributed by atoms with Crippen molar-refractivity contribution in [1.29, 1.82) is 0 Å². The number of hydrogen-bond acceptors (Lipinski definition) is 4. The van der Waals surface area contributed by atoms with Gasteiger partial charge in [-0.15, -0.1) is 0 Å². The number of aromatic amines is 1. The molecule has 6 heteroatoms. The van der Waals surface area contributed by atoms with E-state index in [-0.39, 0.29) is 16.1 Å². The Kier molecular flexibility index (Phi) is 3.47. The van der Waals surface area contributed by atoms with Gasteiger partial charge in [0.2, 0.25) is 0 Å². The quantitative estimate of drug-likeness (QED) is 0.831. The lowest BCUT2D eigenvalue weighted by molar-refractivity contribution is 0.101. The predicted molar refractivity (Wildman–Crippen MR) is 71.4 cm³/mol. The summed E-state index contributed by atoms with van der Waals surface area (Å²) < 4.78 is 1.06. The van der Waals surface area contributed by atoms with Crippen LogP contribution in [0.1, 0.15) is 37.0 Å². The zero-order valence-corrected chi connectivity index (χ0v) is 11.3. The first kappa shape index (κ1) is 13.1. The van der Waals surface area contributed by atoms with E-state index in [1.54, 1.807) is 11.8 Å². The lowest BCUT2D eigenvalue weighted by Crippen LogP contribution is -2.42. The number of ketones is 1. The minimum absolute atomic E-state index is 0.0428. The van der Waals surface area contributed by atoms with Crippen LogP contribution in [0.4, 0.5) is 0 Å². The number of aromatic nitrogens is 2. The molecule has 1 unspecified atom stereocenters. The Balaban J connectivity index is 2.44. The van der Waals surface area contributed by atoms with Gasteiger partial charge in [-0.05, 0) is 32.4 Å². The Morgan fingerprint density at radius 1 is 1.56 bits per heavy atom. The highest BCUT2D eigenvalue weighted by Crippen LogP contribution is 2.38. The van der Waals surface area contributed by atoms with E-state index < -0.39 is 11.2 Å². The molecule has 0 aliphatic carbocycles. The van der Waals surface area contributed by atoms with Gasteiger partial charge in [0.05, 0.1) is 5.56 Å². The number of nitrogens with zero attached hydrogens (tertiary/aromatic N) is 1. The summed E-state index contributed by atoms with van der Waals surface area (Å²) in [5, 5.41) is 0. The fourth-order valence-corrected chi connectivity index (χ4v) is 3.49. The van der Waals surface area contributed by atoms with Crippen molar-refractivity contribution in [2.75, 3.05) is 5.75 Å². The van der Waals surface area contributed by atoms with E-state index in [1.807, 2.05) is 0 Å². The average molecular weight is 268 g/mol. The molecular formula is C12H16N2O3S. The number of carbonyl (C=O) groups excluding carboxylic acids is 1. The van der Waals surface area contributed by atoms with Gasteiger partial charge in [0.1, 0.15) is 0 Å². The third-order valence-corrected chi connectivity index (χ3v) is 4.76. The van der Waals surface area contributed by atoms with Crippen molar-refractivity contribution in [2.45, 2.75) is 38.0 Å². The first-order valence-corrected chi connectivity index (χ1v) is 6.89. The molecular weight excluding hydrogens is 252 g/mol. The van der Waals surface area contributed by atoms with Crippen LogP contribution in [-0.2, 0) is 6.54 Å². The van der Waals surface area contributed by atoms with Crippen LogP contribution < -0.4 is 11.2 Å². The molecule has 1 aliphatic heterocycles. The highest BCUT2D eigenvalue weighted by atomic mass is 32.2. The second-order valence-electron chi connectivity index (χ2n) is 4.86. The Hall–Kier alpha value is -1.30. The average Bonchev–Trinajstić information content (AvgIpc) is 2.71. The van der Waals surface area contributed by atoms with Crippen LogP contribution in [0, 0.1) is 0 Å². The largest absolute Gasteiger partial charge is 0.328 e. The normalized spacial score (nSPS) is 23.2. The van der Waals surface area contributed by atoms with Crippen LogP contribution in [-0.4, -0.2) is 25.8 Å². The molecule has 18 heavy (non-hydrogen) atoms. The molecule has 1 aromatic heterocycles. The number of thioether (sulfide) groups is 1. The van der Waals surface area contributed by atoms with E-state index in [1.165, 1.54) is 13.1 Å². The predicted octanol–water partition coefficient (Wildman–Crippen LogP) is 1.02. The lowest BCUT2D eigenvalue weighted by atomic mass is 10.1. The van der Waals surface area contributed by atoms with Crippen LogP contribution >= 0.6 is 11.8 Å². The highest BCUT2D eigenvalue weighted by Gasteiger charge is 2.31. The number of nitrogens with one attached hydrogen (secondary N) is 1. The lowest BCUT2D eigenvalue weighted by Gasteiger charge is -2.22. The third-order valence-electron chi connectivity index (χ3n) is 3.23. The molecule has 98 valence electrons. The first-order valence-electron chi connectivity index (χ1n) is 5.90. The standard InChI is InChI=1S/C12H16N2O3S/c1-8(15)9-6-13-11(17)14(10(9)16)7-12(2)4-3-5-18-12/h6H,3-5,7H2,1-2H3,(H,13,17). The molecule has 2 rings (SSSR count). The van der Waals surface area contributed by atoms with E-state index in [2.05, 4.69) is 11.9 Å². The van der Waals surface area contributed by atoms with Gasteiger partial charge >= 0.3 is 5.69 Å². The fourth-order valence-electron chi connectivity index (χ4n) is 2.20. The molecule has 0 spiro atoms. The number of H-pyrrole nitrogens is 1. The van der Waals surface area contributed by atoms with E-state index in [9.17, 15) is 14.4 Å². The maximum atomic E-state index is 12.1. The van der Waals surface area contributed by atoms with Gasteiger partial charge in [-0.2, -0.15) is 11.8 Å². The summed E-state index contributed by atoms with van der Waals surface area (Å²) in [6.45, 7) is 3.73. The summed E-state index contributed by atoms with van der Waals surface area (Å²) in [5.41, 5.74) is -0.889. The third kappa shape index (κ3) is 2.43. The highest BCUT2D eigenvalue weighted by molar-refractivity contribution is 8.00. The second-order valence-corrected chi connectivity index (χ2v) is 6.54. The monoisotopic (exact) mass is 268 g/mol. The zero-order valence-electron chi connectivity index (χ0n) is 10.5. The van der Waals surface area contributed by atoms with E-state index in [4.69, 9.17) is 0 Å². The van der Waals surface area contributed by atoms with Gasteiger partial charge in [0.15, 0.2) is 5.78 Å². The van der Waals surface area contributed by atoms with Gasteiger partial charge < -0.3 is 4.98 Å². The second kappa shape index (κ2) is 4.76. The maximum absolute atomic E-state index is 12.1. The smallest absolute Gasteiger partial charge is 0.313 e. The molecule has 0 bridgehead atoms. The van der Waals surface area contributed by atoms with Crippen molar-refractivity contribution in [3.8, 4) is 0 Å². The van der Waals surface area contributed by atoms with Gasteiger partial charge in [-0.25, -0.2) is 4.79 Å². The number of Topliss-reactive ketones (excluding diaryl/α,β-unsaturated/α-hetero) is 1. The number of hydrogen-bond donors (Lipinski definition) is 1. The Morgan fingerprint density at radius 3 is 2.83 bits per heavy atom. The summed E-state index contributed by atoms with van der Waals surface area (Å²) in [6.07, 6.45) is 3.28. The van der Waals surface area contributed by atoms with Crippen molar-refractivity contribution in [1.82, 2.24) is 9.55 Å². The molecule has 1 aliphatic rings. The fraction of sp³-hybridized carbons (Fsp3) is 0.583. The Bertz CT molecular complexity index is 582. The summed E-state index contributed by atoms with van der Waals surface area (Å²) >= 11 is 1.77. The van der Waals surface area contributed by atoms with Crippen molar-refractivity contribution in [2.24, 2.45) is 0 Å².